The van der Waals surface area contributed by atoms with Gasteiger partial charge in [-0.1, -0.05) is 18.2 Å². The Morgan fingerprint density at radius 3 is 2.80 bits per heavy atom. The van der Waals surface area contributed by atoms with Gasteiger partial charge in [0.25, 0.3) is 0 Å². The number of benzene rings is 1. The molecule has 0 saturated carbocycles. The minimum Gasteiger partial charge on any atom is -0.368 e. The molecule has 130 valence electrons. The number of thiophene rings is 1. The van der Waals surface area contributed by atoms with E-state index in [-0.39, 0.29) is 12.5 Å². The van der Waals surface area contributed by atoms with E-state index in [0.717, 1.165) is 30.8 Å². The number of anilines is 1. The molecule has 0 radical (unpaired) electrons. The summed E-state index contributed by atoms with van der Waals surface area (Å²) in [6, 6.07) is 12.1. The maximum absolute atomic E-state index is 13.2. The molecule has 3 heterocycles. The molecule has 1 atom stereocenters. The Morgan fingerprint density at radius 1 is 1.28 bits per heavy atom. The van der Waals surface area contributed by atoms with Crippen molar-refractivity contribution in [2.24, 2.45) is 5.73 Å². The van der Waals surface area contributed by atoms with Crippen LogP contribution in [0.5, 0.6) is 0 Å². The van der Waals surface area contributed by atoms with Crippen molar-refractivity contribution in [1.82, 2.24) is 4.90 Å². The summed E-state index contributed by atoms with van der Waals surface area (Å²) in [5.74, 6) is -0.471. The van der Waals surface area contributed by atoms with E-state index in [4.69, 9.17) is 5.73 Å². The smallest absolute Gasteiger partial charge is 0.239 e. The lowest BCUT2D eigenvalue weighted by Crippen LogP contribution is -2.45. The zero-order chi connectivity index (χ0) is 17.6. The predicted octanol–water partition coefficient (Wildman–Crippen LogP) is 2.03. The summed E-state index contributed by atoms with van der Waals surface area (Å²) in [4.78, 5) is 31.2. The molecule has 6 heteroatoms. The van der Waals surface area contributed by atoms with Crippen molar-refractivity contribution in [1.29, 1.82) is 0 Å². The highest BCUT2D eigenvalue weighted by Crippen LogP contribution is 2.47. The van der Waals surface area contributed by atoms with Crippen molar-refractivity contribution in [2.75, 3.05) is 24.5 Å². The molecule has 2 N–H and O–H groups in total. The van der Waals surface area contributed by atoms with Crippen LogP contribution >= 0.6 is 11.3 Å². The molecule has 0 unspecified atom stereocenters. The number of aryl methyl sites for hydroxylation is 1. The molecule has 1 spiro atoms. The fourth-order valence-corrected chi connectivity index (χ4v) is 5.05. The number of nitrogens with zero attached hydrogens (tertiary/aromatic N) is 2. The van der Waals surface area contributed by atoms with Gasteiger partial charge in [-0.3, -0.25) is 14.5 Å². The van der Waals surface area contributed by atoms with Gasteiger partial charge in [0.1, 0.15) is 6.54 Å². The Kier molecular flexibility index (Phi) is 3.89. The molecule has 4 rings (SSSR count). The van der Waals surface area contributed by atoms with Gasteiger partial charge in [0.15, 0.2) is 0 Å². The van der Waals surface area contributed by atoms with Crippen LogP contribution in [0.4, 0.5) is 5.69 Å². The molecular formula is C19H21N3O2S. The van der Waals surface area contributed by atoms with Crippen LogP contribution in [0, 0.1) is 6.92 Å². The molecular weight excluding hydrogens is 334 g/mol. The fraction of sp³-hybridized carbons (Fsp3) is 0.368. The highest BCUT2D eigenvalue weighted by Gasteiger charge is 2.54. The first kappa shape index (κ1) is 16.3. The van der Waals surface area contributed by atoms with Gasteiger partial charge in [-0.15, -0.1) is 11.3 Å². The fourth-order valence-electron chi connectivity index (χ4n) is 4.12. The first-order valence-corrected chi connectivity index (χ1v) is 9.29. The van der Waals surface area contributed by atoms with Gasteiger partial charge >= 0.3 is 0 Å². The monoisotopic (exact) mass is 355 g/mol. The lowest BCUT2D eigenvalue weighted by molar-refractivity contribution is -0.125. The molecule has 1 fully saturated rings. The average Bonchev–Trinajstić information content (AvgIpc) is 3.24. The van der Waals surface area contributed by atoms with Crippen molar-refractivity contribution in [3.05, 3.63) is 51.7 Å². The average molecular weight is 355 g/mol. The molecule has 2 aromatic rings. The second kappa shape index (κ2) is 5.97. The van der Waals surface area contributed by atoms with Crippen molar-refractivity contribution >= 4 is 28.8 Å². The highest BCUT2D eigenvalue weighted by molar-refractivity contribution is 7.11. The number of nitrogens with two attached hydrogens (primary N) is 1. The normalized spacial score (nSPS) is 22.8. The van der Waals surface area contributed by atoms with Crippen LogP contribution in [0.15, 0.2) is 36.4 Å². The van der Waals surface area contributed by atoms with Gasteiger partial charge in [-0.25, -0.2) is 0 Å². The summed E-state index contributed by atoms with van der Waals surface area (Å²) in [6.45, 7) is 4.49. The SMILES string of the molecule is Cc1ccc(CN2CC[C@@]3(C2)C(=O)N(CC(N)=O)c2ccccc23)s1. The maximum atomic E-state index is 13.2. The Bertz CT molecular complexity index is 847. The van der Waals surface area contributed by atoms with Crippen LogP contribution in [0.3, 0.4) is 0 Å². The van der Waals surface area contributed by atoms with Gasteiger partial charge in [0, 0.05) is 28.5 Å². The van der Waals surface area contributed by atoms with Crippen molar-refractivity contribution < 1.29 is 9.59 Å². The van der Waals surface area contributed by atoms with E-state index in [9.17, 15) is 9.59 Å². The van der Waals surface area contributed by atoms with E-state index in [1.807, 2.05) is 24.3 Å². The number of primary amides is 1. The first-order valence-electron chi connectivity index (χ1n) is 8.47. The number of para-hydroxylation sites is 1. The Labute approximate surface area is 151 Å². The third kappa shape index (κ3) is 2.65. The van der Waals surface area contributed by atoms with E-state index in [1.165, 1.54) is 9.75 Å². The topological polar surface area (TPSA) is 66.6 Å². The molecule has 0 bridgehead atoms. The second-order valence-corrected chi connectivity index (χ2v) is 8.30. The summed E-state index contributed by atoms with van der Waals surface area (Å²) in [7, 11) is 0. The number of fused-ring (bicyclic) bond motifs is 2. The molecule has 2 aliphatic heterocycles. The van der Waals surface area contributed by atoms with Crippen LogP contribution in [-0.2, 0) is 21.5 Å². The van der Waals surface area contributed by atoms with Crippen LogP contribution < -0.4 is 10.6 Å². The standard InChI is InChI=1S/C19H21N3O2S/c1-13-6-7-14(25-13)10-21-9-8-19(12-21)15-4-2-3-5-16(15)22(18(19)24)11-17(20)23/h2-7H,8-12H2,1H3,(H2,20,23)/t19-/m0/s1. The molecule has 1 aromatic carbocycles. The van der Waals surface area contributed by atoms with E-state index < -0.39 is 11.3 Å². The number of hydrogen-bond acceptors (Lipinski definition) is 4. The van der Waals surface area contributed by atoms with Gasteiger partial charge in [-0.2, -0.15) is 0 Å². The van der Waals surface area contributed by atoms with Crippen molar-refractivity contribution in [3.63, 3.8) is 0 Å². The number of hydrogen-bond donors (Lipinski definition) is 1. The summed E-state index contributed by atoms with van der Waals surface area (Å²) in [6.07, 6.45) is 0.780. The van der Waals surface area contributed by atoms with Crippen LogP contribution in [0.1, 0.15) is 21.7 Å². The lowest BCUT2D eigenvalue weighted by Gasteiger charge is -2.24. The highest BCUT2D eigenvalue weighted by atomic mass is 32.1. The summed E-state index contributed by atoms with van der Waals surface area (Å²) in [5, 5.41) is 0. The molecule has 0 aliphatic carbocycles. The largest absolute Gasteiger partial charge is 0.368 e. The molecule has 25 heavy (non-hydrogen) atoms. The van der Waals surface area contributed by atoms with Gasteiger partial charge in [-0.05, 0) is 43.7 Å². The molecule has 2 amide bonds. The van der Waals surface area contributed by atoms with Crippen molar-refractivity contribution in [2.45, 2.75) is 25.3 Å². The number of carbonyl (C=O) groups is 2. The molecule has 5 nitrogen and oxygen atoms in total. The van der Waals surface area contributed by atoms with Crippen LogP contribution in [0.25, 0.3) is 0 Å². The second-order valence-electron chi connectivity index (χ2n) is 6.93. The van der Waals surface area contributed by atoms with E-state index in [0.29, 0.717) is 6.54 Å². The maximum Gasteiger partial charge on any atom is 0.239 e. The van der Waals surface area contributed by atoms with Gasteiger partial charge in [0.05, 0.1) is 5.41 Å². The third-order valence-corrected chi connectivity index (χ3v) is 6.19. The minimum atomic E-state index is -0.543. The van der Waals surface area contributed by atoms with E-state index in [1.54, 1.807) is 16.2 Å². The third-order valence-electron chi connectivity index (χ3n) is 5.20. The minimum absolute atomic E-state index is 0.0114. The predicted molar refractivity (Wildman–Crippen MR) is 98.6 cm³/mol. The van der Waals surface area contributed by atoms with Gasteiger partial charge < -0.3 is 10.6 Å². The molecule has 2 aliphatic rings. The number of likely N-dealkylation sites (tertiary alicyclic amines) is 1. The van der Waals surface area contributed by atoms with E-state index >= 15 is 0 Å². The Morgan fingerprint density at radius 2 is 2.08 bits per heavy atom. The summed E-state index contributed by atoms with van der Waals surface area (Å²) in [5.41, 5.74) is 6.69. The Hall–Kier alpha value is -2.18. The number of rotatable bonds is 4. The van der Waals surface area contributed by atoms with Crippen molar-refractivity contribution in [3.8, 4) is 0 Å². The zero-order valence-corrected chi connectivity index (χ0v) is 15.0. The van der Waals surface area contributed by atoms with Crippen LogP contribution in [-0.4, -0.2) is 36.3 Å². The lowest BCUT2D eigenvalue weighted by atomic mass is 9.81. The quantitative estimate of drug-likeness (QED) is 0.913. The summed E-state index contributed by atoms with van der Waals surface area (Å²) < 4.78 is 0. The van der Waals surface area contributed by atoms with Crippen LogP contribution in [0.2, 0.25) is 0 Å². The zero-order valence-electron chi connectivity index (χ0n) is 14.2. The van der Waals surface area contributed by atoms with Gasteiger partial charge in [0.2, 0.25) is 11.8 Å². The Balaban J connectivity index is 1.63. The number of carbonyl (C=O) groups excluding carboxylic acids is 2. The molecule has 1 aromatic heterocycles. The van der Waals surface area contributed by atoms with E-state index in [2.05, 4.69) is 24.0 Å². The number of amides is 2. The molecule has 1 saturated heterocycles. The first-order chi connectivity index (χ1) is 12.0. The summed E-state index contributed by atoms with van der Waals surface area (Å²) >= 11 is 1.80.